The van der Waals surface area contributed by atoms with Crippen molar-refractivity contribution in [2.75, 3.05) is 4.90 Å². The van der Waals surface area contributed by atoms with Crippen molar-refractivity contribution in [2.45, 2.75) is 50.4 Å². The van der Waals surface area contributed by atoms with E-state index in [-0.39, 0.29) is 10.8 Å². The summed E-state index contributed by atoms with van der Waals surface area (Å²) in [6, 6.07) is 66.6. The summed E-state index contributed by atoms with van der Waals surface area (Å²) < 4.78 is 0. The van der Waals surface area contributed by atoms with E-state index in [0.29, 0.717) is 5.92 Å². The highest BCUT2D eigenvalue weighted by Crippen LogP contribution is 2.66. The van der Waals surface area contributed by atoms with Crippen molar-refractivity contribution in [1.29, 1.82) is 0 Å². The standard InChI is InChI=1S/C56H45N/c1-55(2)51-22-7-5-18-48(51)50-21-11-20-46(54(50)55)38-25-28-41(29-26-38)57(42-15-9-14-39(33-42)45-19-10-13-37-12-3-4-16-44(37)45)43-30-31-49-47-17-6-8-23-52(47)56(53(49)34-43)35-36-24-27-40(56)32-36/h3-23,25-26,28-31,33-34,36,40H,24,27,32,35H2,1-2H3. The molecule has 0 aliphatic heterocycles. The van der Waals surface area contributed by atoms with Crippen molar-refractivity contribution < 1.29 is 0 Å². The van der Waals surface area contributed by atoms with Crippen LogP contribution in [0.1, 0.15) is 61.8 Å². The molecule has 4 aliphatic carbocycles. The van der Waals surface area contributed by atoms with E-state index in [1.807, 2.05) is 0 Å². The molecule has 0 radical (unpaired) electrons. The van der Waals surface area contributed by atoms with E-state index in [1.54, 1.807) is 11.1 Å². The van der Waals surface area contributed by atoms with Gasteiger partial charge in [-0.25, -0.2) is 0 Å². The first-order chi connectivity index (χ1) is 28.0. The van der Waals surface area contributed by atoms with E-state index in [9.17, 15) is 0 Å². The second-order valence-electron chi connectivity index (χ2n) is 17.7. The van der Waals surface area contributed by atoms with Crippen LogP contribution in [0.25, 0.3) is 55.3 Å². The molecule has 0 amide bonds. The van der Waals surface area contributed by atoms with E-state index >= 15 is 0 Å². The maximum Gasteiger partial charge on any atom is 0.0467 e. The van der Waals surface area contributed by atoms with Gasteiger partial charge in [-0.1, -0.05) is 160 Å². The van der Waals surface area contributed by atoms with Gasteiger partial charge in [0.15, 0.2) is 0 Å². The number of fused-ring (bicyclic) bond motifs is 12. The highest BCUT2D eigenvalue weighted by atomic mass is 15.1. The summed E-state index contributed by atoms with van der Waals surface area (Å²) in [5.74, 6) is 1.54. The minimum Gasteiger partial charge on any atom is -0.310 e. The second-order valence-corrected chi connectivity index (χ2v) is 17.7. The number of nitrogens with zero attached hydrogens (tertiary/aromatic N) is 1. The van der Waals surface area contributed by atoms with Crippen molar-refractivity contribution in [3.8, 4) is 44.5 Å². The zero-order valence-electron chi connectivity index (χ0n) is 32.7. The Morgan fingerprint density at radius 3 is 1.91 bits per heavy atom. The Balaban J connectivity index is 1.02. The third-order valence-electron chi connectivity index (χ3n) is 14.5. The predicted molar refractivity (Wildman–Crippen MR) is 239 cm³/mol. The van der Waals surface area contributed by atoms with Crippen LogP contribution >= 0.6 is 0 Å². The molecule has 0 N–H and O–H groups in total. The highest BCUT2D eigenvalue weighted by Gasteiger charge is 2.56. The SMILES string of the molecule is CC1(C)c2ccccc2-c2cccc(-c3ccc(N(c4cccc(-c5cccc6ccccc56)c4)c4ccc5c(c4)C4(CC6CCC4C6)c4ccccc4-5)cc3)c21. The Morgan fingerprint density at radius 1 is 0.456 bits per heavy atom. The Hall–Kier alpha value is -6.18. The molecule has 3 atom stereocenters. The molecule has 0 aromatic heterocycles. The zero-order chi connectivity index (χ0) is 37.9. The van der Waals surface area contributed by atoms with Crippen molar-refractivity contribution in [3.05, 3.63) is 198 Å². The van der Waals surface area contributed by atoms with Gasteiger partial charge in [0.1, 0.15) is 0 Å². The molecule has 8 aromatic rings. The minimum absolute atomic E-state index is 0.0765. The van der Waals surface area contributed by atoms with Crippen molar-refractivity contribution in [3.63, 3.8) is 0 Å². The van der Waals surface area contributed by atoms with Crippen LogP contribution in [0, 0.1) is 11.8 Å². The van der Waals surface area contributed by atoms with Crippen LogP contribution in [0.4, 0.5) is 17.1 Å². The smallest absolute Gasteiger partial charge is 0.0467 e. The van der Waals surface area contributed by atoms with Gasteiger partial charge in [-0.05, 0) is 145 Å². The lowest BCUT2D eigenvalue weighted by Crippen LogP contribution is -2.32. The second kappa shape index (κ2) is 12.2. The van der Waals surface area contributed by atoms with E-state index in [0.717, 1.165) is 5.92 Å². The maximum atomic E-state index is 2.58. The summed E-state index contributed by atoms with van der Waals surface area (Å²) in [5.41, 5.74) is 20.2. The molecular weight excluding hydrogens is 687 g/mol. The van der Waals surface area contributed by atoms with Gasteiger partial charge in [0.05, 0.1) is 0 Å². The van der Waals surface area contributed by atoms with Gasteiger partial charge in [-0.15, -0.1) is 0 Å². The van der Waals surface area contributed by atoms with Gasteiger partial charge >= 0.3 is 0 Å². The van der Waals surface area contributed by atoms with E-state index in [4.69, 9.17) is 0 Å². The first-order valence-electron chi connectivity index (χ1n) is 21.0. The quantitative estimate of drug-likeness (QED) is 0.170. The minimum atomic E-state index is -0.0765. The molecule has 1 nitrogen and oxygen atoms in total. The predicted octanol–water partition coefficient (Wildman–Crippen LogP) is 15.0. The van der Waals surface area contributed by atoms with Crippen LogP contribution in [0.15, 0.2) is 176 Å². The van der Waals surface area contributed by atoms with Gasteiger partial charge in [0.2, 0.25) is 0 Å². The lowest BCUT2D eigenvalue weighted by atomic mass is 9.67. The fraction of sp³-hybridized carbons (Fsp3) is 0.179. The Kier molecular flexibility index (Phi) is 7.04. The highest BCUT2D eigenvalue weighted by molar-refractivity contribution is 5.98. The fourth-order valence-electron chi connectivity index (χ4n) is 12.1. The summed E-state index contributed by atoms with van der Waals surface area (Å²) in [7, 11) is 0. The fourth-order valence-corrected chi connectivity index (χ4v) is 12.1. The number of benzene rings is 8. The maximum absolute atomic E-state index is 2.58. The first-order valence-corrected chi connectivity index (χ1v) is 21.0. The molecule has 0 saturated heterocycles. The molecular formula is C56H45N. The lowest BCUT2D eigenvalue weighted by molar-refractivity contribution is 0.327. The Bertz CT molecular complexity index is 2910. The monoisotopic (exact) mass is 731 g/mol. The average Bonchev–Trinajstić information content (AvgIpc) is 4.01. The largest absolute Gasteiger partial charge is 0.310 e. The summed E-state index contributed by atoms with van der Waals surface area (Å²) >= 11 is 0. The Morgan fingerprint density at radius 2 is 1.09 bits per heavy atom. The number of anilines is 3. The van der Waals surface area contributed by atoms with Gasteiger partial charge in [-0.2, -0.15) is 0 Å². The summed E-state index contributed by atoms with van der Waals surface area (Å²) in [4.78, 5) is 2.51. The molecule has 12 rings (SSSR count). The van der Waals surface area contributed by atoms with E-state index in [1.165, 1.54) is 109 Å². The molecule has 4 aliphatic rings. The van der Waals surface area contributed by atoms with Crippen molar-refractivity contribution in [2.24, 2.45) is 11.8 Å². The molecule has 274 valence electrons. The molecule has 57 heavy (non-hydrogen) atoms. The van der Waals surface area contributed by atoms with Crippen LogP contribution in [-0.2, 0) is 10.8 Å². The lowest BCUT2D eigenvalue weighted by Gasteiger charge is -2.37. The van der Waals surface area contributed by atoms with Crippen LogP contribution in [-0.4, -0.2) is 0 Å². The summed E-state index contributed by atoms with van der Waals surface area (Å²) in [6.45, 7) is 4.77. The van der Waals surface area contributed by atoms with Crippen LogP contribution in [0.2, 0.25) is 0 Å². The van der Waals surface area contributed by atoms with Crippen molar-refractivity contribution in [1.82, 2.24) is 0 Å². The molecule has 0 heterocycles. The van der Waals surface area contributed by atoms with Gasteiger partial charge < -0.3 is 4.90 Å². The third-order valence-corrected chi connectivity index (χ3v) is 14.5. The first kappa shape index (κ1) is 33.0. The summed E-state index contributed by atoms with van der Waals surface area (Å²) in [6.07, 6.45) is 5.36. The van der Waals surface area contributed by atoms with Gasteiger partial charge in [0.25, 0.3) is 0 Å². The molecule has 3 unspecified atom stereocenters. The zero-order valence-corrected chi connectivity index (χ0v) is 32.7. The van der Waals surface area contributed by atoms with Crippen LogP contribution in [0.5, 0.6) is 0 Å². The number of hydrogen-bond acceptors (Lipinski definition) is 1. The van der Waals surface area contributed by atoms with Crippen LogP contribution in [0.3, 0.4) is 0 Å². The number of rotatable bonds is 5. The van der Waals surface area contributed by atoms with Gasteiger partial charge in [0, 0.05) is 27.9 Å². The van der Waals surface area contributed by atoms with E-state index in [2.05, 4.69) is 195 Å². The normalized spacial score (nSPS) is 20.4. The summed E-state index contributed by atoms with van der Waals surface area (Å²) in [5, 5.41) is 2.54. The molecule has 2 fully saturated rings. The topological polar surface area (TPSA) is 3.24 Å². The molecule has 1 spiro atoms. The molecule has 2 saturated carbocycles. The molecule has 2 bridgehead atoms. The van der Waals surface area contributed by atoms with Crippen LogP contribution < -0.4 is 4.90 Å². The van der Waals surface area contributed by atoms with Crippen molar-refractivity contribution >= 4 is 27.8 Å². The third kappa shape index (κ3) is 4.69. The number of hydrogen-bond donors (Lipinski definition) is 0. The van der Waals surface area contributed by atoms with E-state index < -0.39 is 0 Å². The average molecular weight is 732 g/mol. The molecule has 8 aromatic carbocycles. The molecule has 1 heteroatoms. The Labute approximate surface area is 336 Å². The van der Waals surface area contributed by atoms with Gasteiger partial charge in [-0.3, -0.25) is 0 Å².